The zero-order chi connectivity index (χ0) is 15.5. The van der Waals surface area contributed by atoms with Crippen LogP contribution in [0, 0.1) is 0 Å². The Bertz CT molecular complexity index is 570. The van der Waals surface area contributed by atoms with Crippen molar-refractivity contribution in [2.24, 2.45) is 0 Å². The summed E-state index contributed by atoms with van der Waals surface area (Å²) in [5.74, 6) is 0. The van der Waals surface area contributed by atoms with Gasteiger partial charge in [-0.05, 0) is 35.2 Å². The van der Waals surface area contributed by atoms with Crippen LogP contribution in [0.1, 0.15) is 41.0 Å². The van der Waals surface area contributed by atoms with Gasteiger partial charge < -0.3 is 0 Å². The molecular formula is C17H16ClF3. The van der Waals surface area contributed by atoms with Gasteiger partial charge in [0.15, 0.2) is 0 Å². The van der Waals surface area contributed by atoms with Crippen LogP contribution >= 0.6 is 11.6 Å². The van der Waals surface area contributed by atoms with Crippen molar-refractivity contribution in [2.45, 2.75) is 31.3 Å². The van der Waals surface area contributed by atoms with Crippen LogP contribution in [0.5, 0.6) is 0 Å². The van der Waals surface area contributed by atoms with Crippen LogP contribution in [0.2, 0.25) is 0 Å². The van der Waals surface area contributed by atoms with Gasteiger partial charge in [-0.25, -0.2) is 0 Å². The highest BCUT2D eigenvalue weighted by Crippen LogP contribution is 2.33. The first-order valence-corrected chi connectivity index (χ1v) is 7.25. The molecule has 1 atom stereocenters. The van der Waals surface area contributed by atoms with Crippen LogP contribution in [0.15, 0.2) is 48.5 Å². The molecule has 0 aliphatic carbocycles. The lowest BCUT2D eigenvalue weighted by Gasteiger charge is -2.13. The molecule has 0 saturated carbocycles. The van der Waals surface area contributed by atoms with Crippen LogP contribution < -0.4 is 0 Å². The summed E-state index contributed by atoms with van der Waals surface area (Å²) >= 11 is 6.35. The van der Waals surface area contributed by atoms with Crippen molar-refractivity contribution in [3.05, 3.63) is 70.8 Å². The molecule has 0 N–H and O–H groups in total. The van der Waals surface area contributed by atoms with Crippen LogP contribution in [0.4, 0.5) is 13.2 Å². The van der Waals surface area contributed by atoms with Gasteiger partial charge in [-0.3, -0.25) is 0 Å². The van der Waals surface area contributed by atoms with Crippen molar-refractivity contribution >= 4 is 11.6 Å². The van der Waals surface area contributed by atoms with Crippen LogP contribution in [0.3, 0.4) is 0 Å². The summed E-state index contributed by atoms with van der Waals surface area (Å²) in [5.41, 5.74) is 2.12. The quantitative estimate of drug-likeness (QED) is 0.609. The average molecular weight is 313 g/mol. The highest BCUT2D eigenvalue weighted by molar-refractivity contribution is 6.22. The van der Waals surface area contributed by atoms with E-state index >= 15 is 0 Å². The Hall–Kier alpha value is -1.48. The highest BCUT2D eigenvalue weighted by Gasteiger charge is 2.30. The van der Waals surface area contributed by atoms with Gasteiger partial charge in [0.25, 0.3) is 0 Å². The van der Waals surface area contributed by atoms with Gasteiger partial charge in [-0.2, -0.15) is 13.2 Å². The molecule has 112 valence electrons. The van der Waals surface area contributed by atoms with Crippen molar-refractivity contribution in [2.75, 3.05) is 0 Å². The van der Waals surface area contributed by atoms with Gasteiger partial charge >= 0.3 is 6.18 Å². The third-order valence-electron chi connectivity index (χ3n) is 3.34. The maximum absolute atomic E-state index is 12.5. The normalized spacial score (nSPS) is 13.2. The Kier molecular flexibility index (Phi) is 4.94. The maximum Gasteiger partial charge on any atom is 0.416 e. The summed E-state index contributed by atoms with van der Waals surface area (Å²) < 4.78 is 37.6. The Labute approximate surface area is 127 Å². The molecule has 21 heavy (non-hydrogen) atoms. The first-order valence-electron chi connectivity index (χ1n) is 6.82. The molecule has 0 heterocycles. The summed E-state index contributed by atoms with van der Waals surface area (Å²) in [6, 6.07) is 12.9. The van der Waals surface area contributed by atoms with Gasteiger partial charge in [0.1, 0.15) is 0 Å². The molecule has 2 rings (SSSR count). The number of benzene rings is 2. The zero-order valence-corrected chi connectivity index (χ0v) is 12.4. The summed E-state index contributed by atoms with van der Waals surface area (Å²) in [4.78, 5) is 0. The van der Waals surface area contributed by atoms with Gasteiger partial charge in [-0.1, -0.05) is 49.7 Å². The predicted molar refractivity (Wildman–Crippen MR) is 79.6 cm³/mol. The molecule has 4 heteroatoms. The lowest BCUT2D eigenvalue weighted by Crippen LogP contribution is -2.05. The molecule has 1 unspecified atom stereocenters. The average Bonchev–Trinajstić information content (AvgIpc) is 2.47. The van der Waals surface area contributed by atoms with Gasteiger partial charge in [0.2, 0.25) is 0 Å². The fourth-order valence-electron chi connectivity index (χ4n) is 2.18. The first kappa shape index (κ1) is 15.9. The fourth-order valence-corrected chi connectivity index (χ4v) is 2.47. The minimum atomic E-state index is -4.32. The van der Waals surface area contributed by atoms with E-state index < -0.39 is 17.1 Å². The first-order chi connectivity index (χ1) is 9.91. The summed E-state index contributed by atoms with van der Waals surface area (Å²) in [5, 5.41) is -0.442. The van der Waals surface area contributed by atoms with Gasteiger partial charge in [0, 0.05) is 0 Å². The van der Waals surface area contributed by atoms with Crippen molar-refractivity contribution in [1.29, 1.82) is 0 Å². The Morgan fingerprint density at radius 1 is 0.905 bits per heavy atom. The lowest BCUT2D eigenvalue weighted by atomic mass is 10.0. The molecule has 0 aliphatic rings. The van der Waals surface area contributed by atoms with Crippen molar-refractivity contribution in [3.8, 4) is 0 Å². The summed E-state index contributed by atoms with van der Waals surface area (Å²) in [7, 11) is 0. The maximum atomic E-state index is 12.5. The van der Waals surface area contributed by atoms with E-state index in [1.54, 1.807) is 0 Å². The zero-order valence-electron chi connectivity index (χ0n) is 11.6. The topological polar surface area (TPSA) is 0 Å². The molecule has 0 aromatic heterocycles. The number of halogens is 4. The number of hydrogen-bond donors (Lipinski definition) is 0. The Morgan fingerprint density at radius 2 is 1.38 bits per heavy atom. The molecule has 0 nitrogen and oxygen atoms in total. The van der Waals surface area contributed by atoms with E-state index in [1.165, 1.54) is 17.7 Å². The van der Waals surface area contributed by atoms with Crippen LogP contribution in [-0.4, -0.2) is 0 Å². The third-order valence-corrected chi connectivity index (χ3v) is 3.85. The number of alkyl halides is 4. The SMILES string of the molecule is CCCc1ccc(C(Cl)c2ccc(C(F)(F)F)cc2)cc1. The fraction of sp³-hybridized carbons (Fsp3) is 0.294. The summed E-state index contributed by atoms with van der Waals surface area (Å²) in [6.07, 6.45) is -2.24. The molecule has 0 fully saturated rings. The third kappa shape index (κ3) is 4.01. The molecule has 0 amide bonds. The van der Waals surface area contributed by atoms with E-state index in [-0.39, 0.29) is 0 Å². The molecular weight excluding hydrogens is 297 g/mol. The van der Waals surface area contributed by atoms with E-state index in [0.29, 0.717) is 5.56 Å². The van der Waals surface area contributed by atoms with Crippen LogP contribution in [0.25, 0.3) is 0 Å². The second-order valence-corrected chi connectivity index (χ2v) is 5.41. The summed E-state index contributed by atoms with van der Waals surface area (Å²) in [6.45, 7) is 2.11. The highest BCUT2D eigenvalue weighted by atomic mass is 35.5. The van der Waals surface area contributed by atoms with E-state index in [4.69, 9.17) is 11.6 Å². The molecule has 0 radical (unpaired) electrons. The predicted octanol–water partition coefficient (Wildman–Crippen LogP) is 5.99. The number of hydrogen-bond acceptors (Lipinski definition) is 0. The molecule has 0 bridgehead atoms. The van der Waals surface area contributed by atoms with Gasteiger partial charge in [-0.15, -0.1) is 11.6 Å². The standard InChI is InChI=1S/C17H16ClF3/c1-2-3-12-4-6-13(7-5-12)16(18)14-8-10-15(11-9-14)17(19,20)21/h4-11,16H,2-3H2,1H3. The van der Waals surface area contributed by atoms with E-state index in [0.717, 1.165) is 30.5 Å². The Balaban J connectivity index is 2.17. The monoisotopic (exact) mass is 312 g/mol. The molecule has 2 aromatic carbocycles. The van der Waals surface area contributed by atoms with Crippen molar-refractivity contribution < 1.29 is 13.2 Å². The van der Waals surface area contributed by atoms with Gasteiger partial charge in [0.05, 0.1) is 10.9 Å². The smallest absolute Gasteiger partial charge is 0.166 e. The van der Waals surface area contributed by atoms with Crippen molar-refractivity contribution in [1.82, 2.24) is 0 Å². The molecule has 0 spiro atoms. The second-order valence-electron chi connectivity index (χ2n) is 4.97. The van der Waals surface area contributed by atoms with E-state index in [2.05, 4.69) is 6.92 Å². The second kappa shape index (κ2) is 6.52. The number of aryl methyl sites for hydroxylation is 1. The Morgan fingerprint density at radius 3 is 1.81 bits per heavy atom. The largest absolute Gasteiger partial charge is 0.416 e. The van der Waals surface area contributed by atoms with E-state index in [1.807, 2.05) is 24.3 Å². The molecule has 2 aromatic rings. The number of rotatable bonds is 4. The lowest BCUT2D eigenvalue weighted by molar-refractivity contribution is -0.137. The molecule has 0 aliphatic heterocycles. The van der Waals surface area contributed by atoms with E-state index in [9.17, 15) is 13.2 Å². The van der Waals surface area contributed by atoms with Crippen LogP contribution in [-0.2, 0) is 12.6 Å². The molecule has 0 saturated heterocycles. The van der Waals surface area contributed by atoms with Crippen molar-refractivity contribution in [3.63, 3.8) is 0 Å². The minimum Gasteiger partial charge on any atom is -0.166 e. The minimum absolute atomic E-state index is 0.442.